The van der Waals surface area contributed by atoms with E-state index in [9.17, 15) is 4.79 Å². The lowest BCUT2D eigenvalue weighted by Gasteiger charge is -2.12. The van der Waals surface area contributed by atoms with Crippen LogP contribution in [0.15, 0.2) is 35.3 Å². The fraction of sp³-hybridized carbons (Fsp3) is 0.500. The van der Waals surface area contributed by atoms with Gasteiger partial charge in [-0.15, -0.1) is 0 Å². The van der Waals surface area contributed by atoms with Crippen LogP contribution in [0, 0.1) is 0 Å². The molecule has 2 heterocycles. The van der Waals surface area contributed by atoms with E-state index in [1.54, 1.807) is 37.5 Å². The number of pyridine rings is 1. The van der Waals surface area contributed by atoms with Gasteiger partial charge in [0.05, 0.1) is 15.6 Å². The van der Waals surface area contributed by atoms with Crippen molar-refractivity contribution >= 4 is 40.2 Å². The standard InChI is InChI=1S/C26H35Cl2N5O4/c1-33-24-19(17-20(25(33)34)23-21(27)7-2-8-22(23)28)18-31-26(32-24)30-10-4-12-36-14-6-16-37-15-5-13-35-11-3-9-29/h2,7-8,17-18H,3-6,9-16,29H2,1H3,(H,30,31,32). The quantitative estimate of drug-likeness (QED) is 0.239. The first-order valence-electron chi connectivity index (χ1n) is 12.5. The second-order valence-corrected chi connectivity index (χ2v) is 9.27. The molecule has 0 saturated heterocycles. The molecular weight excluding hydrogens is 517 g/mol. The summed E-state index contributed by atoms with van der Waals surface area (Å²) in [6, 6.07) is 6.88. The highest BCUT2D eigenvalue weighted by Gasteiger charge is 2.16. The lowest BCUT2D eigenvalue weighted by molar-refractivity contribution is 0.0631. The highest BCUT2D eigenvalue weighted by molar-refractivity contribution is 6.39. The molecule has 0 unspecified atom stereocenters. The predicted octanol–water partition coefficient (Wildman–Crippen LogP) is 4.28. The molecule has 3 N–H and O–H groups in total. The summed E-state index contributed by atoms with van der Waals surface area (Å²) in [4.78, 5) is 21.9. The summed E-state index contributed by atoms with van der Waals surface area (Å²) in [6.45, 7) is 5.37. The van der Waals surface area contributed by atoms with Crippen LogP contribution in [0.25, 0.3) is 22.2 Å². The van der Waals surface area contributed by atoms with E-state index in [-0.39, 0.29) is 5.56 Å². The zero-order valence-corrected chi connectivity index (χ0v) is 22.7. The Morgan fingerprint density at radius 3 is 2.16 bits per heavy atom. The number of nitrogens with two attached hydrogens (primary N) is 1. The minimum Gasteiger partial charge on any atom is -0.381 e. The molecule has 202 valence electrons. The molecule has 3 rings (SSSR count). The summed E-state index contributed by atoms with van der Waals surface area (Å²) >= 11 is 12.6. The van der Waals surface area contributed by atoms with Crippen LogP contribution in [0.5, 0.6) is 0 Å². The van der Waals surface area contributed by atoms with E-state index in [4.69, 9.17) is 43.1 Å². The Morgan fingerprint density at radius 2 is 1.54 bits per heavy atom. The summed E-state index contributed by atoms with van der Waals surface area (Å²) in [5, 5.41) is 4.73. The molecule has 0 bridgehead atoms. The van der Waals surface area contributed by atoms with E-state index in [1.165, 1.54) is 4.57 Å². The third-order valence-electron chi connectivity index (χ3n) is 5.58. The Bertz CT molecular complexity index is 1170. The smallest absolute Gasteiger partial charge is 0.259 e. The number of ether oxygens (including phenoxy) is 3. The lowest BCUT2D eigenvalue weighted by Crippen LogP contribution is -2.20. The molecule has 0 aliphatic heterocycles. The molecule has 0 radical (unpaired) electrons. The van der Waals surface area contributed by atoms with Gasteiger partial charge in [-0.05, 0) is 50.4 Å². The molecule has 1 aromatic carbocycles. The van der Waals surface area contributed by atoms with Crippen molar-refractivity contribution < 1.29 is 14.2 Å². The van der Waals surface area contributed by atoms with Gasteiger partial charge in [0.25, 0.3) is 5.56 Å². The molecule has 0 aliphatic carbocycles. The van der Waals surface area contributed by atoms with Gasteiger partial charge in [-0.3, -0.25) is 9.36 Å². The number of aromatic nitrogens is 3. The number of fused-ring (bicyclic) bond motifs is 1. The van der Waals surface area contributed by atoms with Crippen molar-refractivity contribution in [3.8, 4) is 11.1 Å². The zero-order chi connectivity index (χ0) is 26.5. The molecular formula is C26H35Cl2N5O4. The van der Waals surface area contributed by atoms with Crippen LogP contribution in [0.4, 0.5) is 5.95 Å². The van der Waals surface area contributed by atoms with E-state index in [1.807, 2.05) is 0 Å². The van der Waals surface area contributed by atoms with Crippen LogP contribution >= 0.6 is 23.2 Å². The van der Waals surface area contributed by atoms with E-state index >= 15 is 0 Å². The maximum Gasteiger partial charge on any atom is 0.259 e. The van der Waals surface area contributed by atoms with Crippen molar-refractivity contribution in [3.63, 3.8) is 0 Å². The van der Waals surface area contributed by atoms with Gasteiger partial charge in [0, 0.05) is 70.4 Å². The number of nitrogens with one attached hydrogen (secondary N) is 1. The van der Waals surface area contributed by atoms with Crippen LogP contribution in [-0.2, 0) is 21.3 Å². The topological polar surface area (TPSA) is 114 Å². The van der Waals surface area contributed by atoms with Gasteiger partial charge >= 0.3 is 0 Å². The third kappa shape index (κ3) is 8.91. The molecule has 0 saturated carbocycles. The normalized spacial score (nSPS) is 11.4. The molecule has 0 aliphatic rings. The number of anilines is 1. The molecule has 0 atom stereocenters. The Hall–Kier alpha value is -2.27. The van der Waals surface area contributed by atoms with E-state index in [2.05, 4.69) is 15.3 Å². The van der Waals surface area contributed by atoms with Gasteiger partial charge in [0.15, 0.2) is 0 Å². The number of hydrogen-bond donors (Lipinski definition) is 2. The Morgan fingerprint density at radius 1 is 0.946 bits per heavy atom. The number of halogens is 2. The summed E-state index contributed by atoms with van der Waals surface area (Å²) in [5.41, 5.74) is 6.61. The van der Waals surface area contributed by atoms with Crippen LogP contribution < -0.4 is 16.6 Å². The van der Waals surface area contributed by atoms with E-state index in [0.717, 1.165) is 25.7 Å². The first-order chi connectivity index (χ1) is 18.0. The number of aryl methyl sites for hydroxylation is 1. The highest BCUT2D eigenvalue weighted by Crippen LogP contribution is 2.33. The van der Waals surface area contributed by atoms with Gasteiger partial charge < -0.3 is 25.3 Å². The third-order valence-corrected chi connectivity index (χ3v) is 6.21. The zero-order valence-electron chi connectivity index (χ0n) is 21.2. The largest absolute Gasteiger partial charge is 0.381 e. The van der Waals surface area contributed by atoms with Gasteiger partial charge in [-0.1, -0.05) is 29.3 Å². The number of benzene rings is 1. The fourth-order valence-electron chi connectivity index (χ4n) is 3.66. The maximum absolute atomic E-state index is 13.0. The molecule has 0 amide bonds. The average molecular weight is 553 g/mol. The van der Waals surface area contributed by atoms with Gasteiger partial charge in [0.1, 0.15) is 5.65 Å². The number of hydrogen-bond acceptors (Lipinski definition) is 8. The summed E-state index contributed by atoms with van der Waals surface area (Å²) < 4.78 is 18.1. The SMILES string of the molecule is Cn1c(=O)c(-c2c(Cl)cccc2Cl)cc2cnc(NCCCOCCCOCCCOCCCN)nc21. The monoisotopic (exact) mass is 551 g/mol. The van der Waals surface area contributed by atoms with Crippen molar-refractivity contribution in [2.75, 3.05) is 58.0 Å². The molecule has 3 aromatic rings. The first-order valence-corrected chi connectivity index (χ1v) is 13.3. The Labute approximate surface area is 227 Å². The van der Waals surface area contributed by atoms with Gasteiger partial charge in [0.2, 0.25) is 5.95 Å². The second kappa shape index (κ2) is 15.9. The highest BCUT2D eigenvalue weighted by atomic mass is 35.5. The fourth-order valence-corrected chi connectivity index (χ4v) is 4.26. The van der Waals surface area contributed by atoms with Crippen molar-refractivity contribution in [2.24, 2.45) is 12.8 Å². The molecule has 2 aromatic heterocycles. The van der Waals surface area contributed by atoms with Crippen LogP contribution in [0.2, 0.25) is 10.0 Å². The molecule has 0 spiro atoms. The molecule has 37 heavy (non-hydrogen) atoms. The Balaban J connectivity index is 1.38. The number of rotatable bonds is 17. The van der Waals surface area contributed by atoms with Crippen molar-refractivity contribution in [3.05, 3.63) is 50.9 Å². The minimum atomic E-state index is -0.236. The van der Waals surface area contributed by atoms with Gasteiger partial charge in [-0.25, -0.2) is 4.98 Å². The van der Waals surface area contributed by atoms with Gasteiger partial charge in [-0.2, -0.15) is 4.98 Å². The Kier molecular flexibility index (Phi) is 12.6. The minimum absolute atomic E-state index is 0.236. The van der Waals surface area contributed by atoms with E-state index in [0.29, 0.717) is 90.9 Å². The molecule has 11 heteroatoms. The van der Waals surface area contributed by atoms with Crippen molar-refractivity contribution in [2.45, 2.75) is 25.7 Å². The lowest BCUT2D eigenvalue weighted by atomic mass is 10.1. The summed E-state index contributed by atoms with van der Waals surface area (Å²) in [7, 11) is 1.67. The maximum atomic E-state index is 13.0. The predicted molar refractivity (Wildman–Crippen MR) is 149 cm³/mol. The van der Waals surface area contributed by atoms with Crippen molar-refractivity contribution in [1.29, 1.82) is 0 Å². The first kappa shape index (κ1) is 29.3. The summed E-state index contributed by atoms with van der Waals surface area (Å²) in [6.07, 6.45) is 5.11. The van der Waals surface area contributed by atoms with Crippen LogP contribution in [0.3, 0.4) is 0 Å². The molecule has 9 nitrogen and oxygen atoms in total. The number of nitrogens with zero attached hydrogens (tertiary/aromatic N) is 3. The van der Waals surface area contributed by atoms with Crippen LogP contribution in [-0.4, -0.2) is 67.3 Å². The van der Waals surface area contributed by atoms with E-state index < -0.39 is 0 Å². The van der Waals surface area contributed by atoms with Crippen molar-refractivity contribution in [1.82, 2.24) is 14.5 Å². The summed E-state index contributed by atoms with van der Waals surface area (Å²) in [5.74, 6) is 0.450. The second-order valence-electron chi connectivity index (χ2n) is 8.46. The van der Waals surface area contributed by atoms with Crippen LogP contribution in [0.1, 0.15) is 25.7 Å². The average Bonchev–Trinajstić information content (AvgIpc) is 2.89. The molecule has 0 fully saturated rings.